The number of nitrogens with zero attached hydrogens (tertiary/aromatic N) is 2. The van der Waals surface area contributed by atoms with Crippen LogP contribution in [0, 0.1) is 12.7 Å². The normalized spacial score (nSPS) is 13.5. The summed E-state index contributed by atoms with van der Waals surface area (Å²) < 4.78 is 52.6. The third-order valence-electron chi connectivity index (χ3n) is 3.13. The van der Waals surface area contributed by atoms with Crippen molar-refractivity contribution in [2.75, 3.05) is 0 Å². The van der Waals surface area contributed by atoms with Gasteiger partial charge in [-0.2, -0.15) is 18.3 Å². The van der Waals surface area contributed by atoms with Gasteiger partial charge in [-0.15, -0.1) is 0 Å². The molecule has 1 atom stereocenters. The third-order valence-corrected chi connectivity index (χ3v) is 3.13. The van der Waals surface area contributed by atoms with Crippen LogP contribution in [0.2, 0.25) is 0 Å². The van der Waals surface area contributed by atoms with Crippen molar-refractivity contribution >= 4 is 0 Å². The van der Waals surface area contributed by atoms with Crippen LogP contribution in [0.5, 0.6) is 0 Å². The fourth-order valence-electron chi connectivity index (χ4n) is 2.14. The SMILES string of the molecule is CCn1nc(C)cc1C(O)c1ccc(C(F)(F)F)c(F)c1. The Morgan fingerprint density at radius 2 is 1.95 bits per heavy atom. The number of aliphatic hydroxyl groups excluding tert-OH is 1. The van der Waals surface area contributed by atoms with E-state index < -0.39 is 23.7 Å². The van der Waals surface area contributed by atoms with Crippen LogP contribution in [0.15, 0.2) is 24.3 Å². The topological polar surface area (TPSA) is 38.0 Å². The van der Waals surface area contributed by atoms with Gasteiger partial charge in [0, 0.05) is 6.54 Å². The Hall–Kier alpha value is -1.89. The van der Waals surface area contributed by atoms with Crippen molar-refractivity contribution in [3.8, 4) is 0 Å². The van der Waals surface area contributed by atoms with Gasteiger partial charge in [0.15, 0.2) is 0 Å². The lowest BCUT2D eigenvalue weighted by atomic mass is 10.0. The lowest BCUT2D eigenvalue weighted by molar-refractivity contribution is -0.140. The summed E-state index contributed by atoms with van der Waals surface area (Å²) in [6.45, 7) is 4.04. The molecule has 0 radical (unpaired) electrons. The minimum Gasteiger partial charge on any atom is -0.382 e. The summed E-state index contributed by atoms with van der Waals surface area (Å²) in [7, 11) is 0. The summed E-state index contributed by atoms with van der Waals surface area (Å²) in [5.41, 5.74) is -0.221. The van der Waals surface area contributed by atoms with E-state index in [1.807, 2.05) is 6.92 Å². The molecule has 0 saturated carbocycles. The number of alkyl halides is 3. The molecule has 0 amide bonds. The molecule has 1 aromatic carbocycles. The van der Waals surface area contributed by atoms with E-state index in [4.69, 9.17) is 0 Å². The molecule has 0 aliphatic rings. The van der Waals surface area contributed by atoms with Crippen molar-refractivity contribution in [3.05, 3.63) is 52.6 Å². The number of benzene rings is 1. The highest BCUT2D eigenvalue weighted by Gasteiger charge is 2.34. The van der Waals surface area contributed by atoms with E-state index in [1.54, 1.807) is 13.0 Å². The van der Waals surface area contributed by atoms with Crippen molar-refractivity contribution < 1.29 is 22.7 Å². The van der Waals surface area contributed by atoms with Gasteiger partial charge in [-0.3, -0.25) is 4.68 Å². The molecule has 1 unspecified atom stereocenters. The highest BCUT2D eigenvalue weighted by molar-refractivity contribution is 5.32. The Labute approximate surface area is 118 Å². The molecule has 0 bridgehead atoms. The van der Waals surface area contributed by atoms with Gasteiger partial charge in [0.1, 0.15) is 11.9 Å². The zero-order valence-corrected chi connectivity index (χ0v) is 11.4. The first kappa shape index (κ1) is 15.5. The molecule has 1 heterocycles. The molecule has 2 rings (SSSR count). The van der Waals surface area contributed by atoms with E-state index in [0.29, 0.717) is 30.1 Å². The zero-order valence-electron chi connectivity index (χ0n) is 11.4. The molecule has 1 N–H and O–H groups in total. The van der Waals surface area contributed by atoms with Crippen LogP contribution in [0.1, 0.15) is 35.5 Å². The first-order valence-corrected chi connectivity index (χ1v) is 6.33. The molecule has 0 fully saturated rings. The number of halogens is 4. The van der Waals surface area contributed by atoms with E-state index in [0.717, 1.165) is 6.07 Å². The van der Waals surface area contributed by atoms with Gasteiger partial charge < -0.3 is 5.11 Å². The van der Waals surface area contributed by atoms with Crippen molar-refractivity contribution in [2.24, 2.45) is 0 Å². The monoisotopic (exact) mass is 302 g/mol. The minimum atomic E-state index is -4.75. The fraction of sp³-hybridized carbons (Fsp3) is 0.357. The van der Waals surface area contributed by atoms with Crippen LogP contribution in [0.25, 0.3) is 0 Å². The quantitative estimate of drug-likeness (QED) is 0.882. The van der Waals surface area contributed by atoms with Crippen LogP contribution in [-0.4, -0.2) is 14.9 Å². The second-order valence-electron chi connectivity index (χ2n) is 4.67. The van der Waals surface area contributed by atoms with Gasteiger partial charge >= 0.3 is 6.18 Å². The predicted octanol–water partition coefficient (Wildman–Crippen LogP) is 3.45. The molecule has 0 aliphatic carbocycles. The summed E-state index contributed by atoms with van der Waals surface area (Å²) in [6, 6.07) is 4.02. The highest BCUT2D eigenvalue weighted by Crippen LogP contribution is 2.33. The van der Waals surface area contributed by atoms with Gasteiger partial charge in [0.2, 0.25) is 0 Å². The maximum absolute atomic E-state index is 13.6. The van der Waals surface area contributed by atoms with Crippen LogP contribution in [0.4, 0.5) is 17.6 Å². The largest absolute Gasteiger partial charge is 0.419 e. The Morgan fingerprint density at radius 1 is 1.29 bits per heavy atom. The second-order valence-corrected chi connectivity index (χ2v) is 4.67. The molecule has 1 aromatic heterocycles. The molecular weight excluding hydrogens is 288 g/mol. The molecular formula is C14H14F4N2O. The maximum Gasteiger partial charge on any atom is 0.419 e. The highest BCUT2D eigenvalue weighted by atomic mass is 19.4. The van der Waals surface area contributed by atoms with Gasteiger partial charge in [-0.25, -0.2) is 4.39 Å². The molecule has 2 aromatic rings. The van der Waals surface area contributed by atoms with Crippen LogP contribution < -0.4 is 0 Å². The average molecular weight is 302 g/mol. The molecule has 114 valence electrons. The first-order valence-electron chi connectivity index (χ1n) is 6.33. The van der Waals surface area contributed by atoms with E-state index in [-0.39, 0.29) is 5.56 Å². The first-order chi connectivity index (χ1) is 9.74. The van der Waals surface area contributed by atoms with Gasteiger partial charge in [-0.1, -0.05) is 6.07 Å². The number of rotatable bonds is 3. The van der Waals surface area contributed by atoms with Crippen LogP contribution >= 0.6 is 0 Å². The molecule has 21 heavy (non-hydrogen) atoms. The van der Waals surface area contributed by atoms with Crippen LogP contribution in [0.3, 0.4) is 0 Å². The summed E-state index contributed by atoms with van der Waals surface area (Å²) in [5.74, 6) is -1.40. The molecule has 7 heteroatoms. The van der Waals surface area contributed by atoms with Crippen molar-refractivity contribution in [1.82, 2.24) is 9.78 Å². The Kier molecular flexibility index (Phi) is 4.04. The molecule has 0 spiro atoms. The maximum atomic E-state index is 13.6. The van der Waals surface area contributed by atoms with Gasteiger partial charge in [0.25, 0.3) is 0 Å². The van der Waals surface area contributed by atoms with Crippen LogP contribution in [-0.2, 0) is 12.7 Å². The number of aryl methyl sites for hydroxylation is 2. The Bertz CT molecular complexity index is 649. The summed E-state index contributed by atoms with van der Waals surface area (Å²) >= 11 is 0. The minimum absolute atomic E-state index is 0.0510. The second kappa shape index (κ2) is 5.48. The summed E-state index contributed by atoms with van der Waals surface area (Å²) in [4.78, 5) is 0. The zero-order chi connectivity index (χ0) is 15.8. The van der Waals surface area contributed by atoms with Crippen molar-refractivity contribution in [2.45, 2.75) is 32.7 Å². The van der Waals surface area contributed by atoms with E-state index in [2.05, 4.69) is 5.10 Å². The Balaban J connectivity index is 2.40. The van der Waals surface area contributed by atoms with E-state index in [9.17, 15) is 22.7 Å². The van der Waals surface area contributed by atoms with Crippen molar-refractivity contribution in [3.63, 3.8) is 0 Å². The van der Waals surface area contributed by atoms with E-state index >= 15 is 0 Å². The number of hydrogen-bond acceptors (Lipinski definition) is 2. The average Bonchev–Trinajstić information content (AvgIpc) is 2.77. The predicted molar refractivity (Wildman–Crippen MR) is 68.1 cm³/mol. The smallest absolute Gasteiger partial charge is 0.382 e. The third kappa shape index (κ3) is 3.07. The Morgan fingerprint density at radius 3 is 2.48 bits per heavy atom. The van der Waals surface area contributed by atoms with E-state index in [1.165, 1.54) is 4.68 Å². The summed E-state index contributed by atoms with van der Waals surface area (Å²) in [5, 5.41) is 14.4. The van der Waals surface area contributed by atoms with Gasteiger partial charge in [0.05, 0.1) is 17.0 Å². The summed E-state index contributed by atoms with van der Waals surface area (Å²) in [6.07, 6.45) is -5.99. The molecule has 3 nitrogen and oxygen atoms in total. The standard InChI is InChI=1S/C14H14F4N2O/c1-3-20-12(6-8(2)19-20)13(21)9-4-5-10(11(15)7-9)14(16,17)18/h4-7,13,21H,3H2,1-2H3. The number of aromatic nitrogens is 2. The molecule has 0 aliphatic heterocycles. The molecule has 0 saturated heterocycles. The van der Waals surface area contributed by atoms with Gasteiger partial charge in [-0.05, 0) is 37.6 Å². The fourth-order valence-corrected chi connectivity index (χ4v) is 2.14. The lowest BCUT2D eigenvalue weighted by Crippen LogP contribution is -2.12. The van der Waals surface area contributed by atoms with Crippen molar-refractivity contribution in [1.29, 1.82) is 0 Å². The number of aliphatic hydroxyl groups is 1. The number of hydrogen-bond donors (Lipinski definition) is 1. The lowest BCUT2D eigenvalue weighted by Gasteiger charge is -2.14.